The Hall–Kier alpha value is -1.57. The Bertz CT molecular complexity index is 384. The number of likely N-dealkylation sites (N-methyl/N-ethyl adjacent to an activating group) is 1. The molecule has 0 radical (unpaired) electrons. The highest BCUT2D eigenvalue weighted by molar-refractivity contribution is 5.78. The lowest BCUT2D eigenvalue weighted by Crippen LogP contribution is -2.29. The Morgan fingerprint density at radius 3 is 2.88 bits per heavy atom. The van der Waals surface area contributed by atoms with Gasteiger partial charge in [-0.1, -0.05) is 37.3 Å². The topological polar surface area (TPSA) is 15.6 Å². The van der Waals surface area contributed by atoms with Gasteiger partial charge in [-0.15, -0.1) is 0 Å². The van der Waals surface area contributed by atoms with Crippen LogP contribution in [0.3, 0.4) is 0 Å². The summed E-state index contributed by atoms with van der Waals surface area (Å²) in [6.45, 7) is 6.23. The van der Waals surface area contributed by atoms with Crippen LogP contribution >= 0.6 is 0 Å². The predicted octanol–water partition coefficient (Wildman–Crippen LogP) is 3.70. The zero-order chi connectivity index (χ0) is 12.7. The molecule has 0 aromatic carbocycles. The first-order valence-electron chi connectivity index (χ1n) is 6.12. The van der Waals surface area contributed by atoms with Gasteiger partial charge in [-0.05, 0) is 31.4 Å². The number of rotatable bonds is 4. The Morgan fingerprint density at radius 1 is 1.53 bits per heavy atom. The molecule has 0 fully saturated rings. The van der Waals surface area contributed by atoms with E-state index < -0.39 is 0 Å². The van der Waals surface area contributed by atoms with Crippen molar-refractivity contribution in [2.24, 2.45) is 4.99 Å². The normalized spacial score (nSPS) is 21.6. The monoisotopic (exact) mass is 230 g/mol. The third kappa shape index (κ3) is 4.06. The average Bonchev–Trinajstić information content (AvgIpc) is 2.28. The largest absolute Gasteiger partial charge is 0.355 e. The summed E-state index contributed by atoms with van der Waals surface area (Å²) in [4.78, 5) is 6.71. The van der Waals surface area contributed by atoms with Gasteiger partial charge < -0.3 is 4.90 Å². The molecule has 1 rings (SSSR count). The second kappa shape index (κ2) is 6.89. The number of hydrogen-bond acceptors (Lipinski definition) is 2. The Morgan fingerprint density at radius 2 is 2.29 bits per heavy atom. The van der Waals surface area contributed by atoms with Gasteiger partial charge in [-0.3, -0.25) is 4.99 Å². The highest BCUT2D eigenvalue weighted by Gasteiger charge is 2.15. The Labute approximate surface area is 105 Å². The summed E-state index contributed by atoms with van der Waals surface area (Å²) in [5.74, 6) is 0. The molecule has 0 bridgehead atoms. The van der Waals surface area contributed by atoms with Gasteiger partial charge in [0, 0.05) is 19.5 Å². The molecule has 92 valence electrons. The molecule has 17 heavy (non-hydrogen) atoms. The molecule has 1 atom stereocenters. The van der Waals surface area contributed by atoms with E-state index in [1.54, 1.807) is 0 Å². The van der Waals surface area contributed by atoms with Crippen LogP contribution < -0.4 is 0 Å². The van der Waals surface area contributed by atoms with Crippen molar-refractivity contribution in [3.63, 3.8) is 0 Å². The summed E-state index contributed by atoms with van der Waals surface area (Å²) in [5.41, 5.74) is 2.40. The van der Waals surface area contributed by atoms with E-state index in [1.165, 1.54) is 11.1 Å². The Balaban J connectivity index is 2.89. The minimum Gasteiger partial charge on any atom is -0.355 e. The zero-order valence-corrected chi connectivity index (χ0v) is 11.2. The third-order valence-electron chi connectivity index (χ3n) is 2.53. The highest BCUT2D eigenvalue weighted by Crippen LogP contribution is 2.17. The molecule has 0 spiro atoms. The smallest absolute Gasteiger partial charge is 0.146 e. The standard InChI is InChI=1S/C15H22N2/c1-5-7-8-10-14(9-6-2)15-16-11-13(3)12-17(15)4/h6-12,15H,5H2,1-4H3/b8-7+,9-6-,14-10+. The molecule has 1 heterocycles. The van der Waals surface area contributed by atoms with Crippen molar-refractivity contribution in [1.82, 2.24) is 4.90 Å². The SMILES string of the molecule is C\C=C/C(=C\C=C\CC)C1N=CC(C)=CN1C. The quantitative estimate of drug-likeness (QED) is 0.672. The van der Waals surface area contributed by atoms with Gasteiger partial charge in [-0.25, -0.2) is 0 Å². The van der Waals surface area contributed by atoms with Gasteiger partial charge >= 0.3 is 0 Å². The first-order chi connectivity index (χ1) is 8.19. The van der Waals surface area contributed by atoms with Crippen molar-refractivity contribution < 1.29 is 0 Å². The molecule has 0 aliphatic carbocycles. The van der Waals surface area contributed by atoms with E-state index in [4.69, 9.17) is 0 Å². The fourth-order valence-corrected chi connectivity index (χ4v) is 1.78. The van der Waals surface area contributed by atoms with E-state index in [9.17, 15) is 0 Å². The molecule has 1 aliphatic heterocycles. The van der Waals surface area contributed by atoms with Crippen molar-refractivity contribution in [2.45, 2.75) is 33.4 Å². The van der Waals surface area contributed by atoms with Crippen LogP contribution in [-0.4, -0.2) is 24.3 Å². The van der Waals surface area contributed by atoms with Crippen LogP contribution in [0.5, 0.6) is 0 Å². The second-order valence-electron chi connectivity index (χ2n) is 4.19. The van der Waals surface area contributed by atoms with Crippen LogP contribution in [0, 0.1) is 0 Å². The number of allylic oxidation sites excluding steroid dienone is 5. The average molecular weight is 230 g/mol. The maximum atomic E-state index is 4.57. The van der Waals surface area contributed by atoms with Crippen LogP contribution in [0.1, 0.15) is 27.2 Å². The lowest BCUT2D eigenvalue weighted by atomic mass is 10.1. The molecule has 0 saturated heterocycles. The molecule has 0 saturated carbocycles. The van der Waals surface area contributed by atoms with Crippen molar-refractivity contribution in [3.05, 3.63) is 47.7 Å². The van der Waals surface area contributed by atoms with Gasteiger partial charge in [0.15, 0.2) is 0 Å². The fourth-order valence-electron chi connectivity index (χ4n) is 1.78. The lowest BCUT2D eigenvalue weighted by Gasteiger charge is -2.27. The maximum absolute atomic E-state index is 4.57. The van der Waals surface area contributed by atoms with E-state index in [0.29, 0.717) is 0 Å². The van der Waals surface area contributed by atoms with Crippen molar-refractivity contribution in [1.29, 1.82) is 0 Å². The summed E-state index contributed by atoms with van der Waals surface area (Å²) < 4.78 is 0. The van der Waals surface area contributed by atoms with Gasteiger partial charge in [0.25, 0.3) is 0 Å². The van der Waals surface area contributed by atoms with Crippen molar-refractivity contribution in [3.8, 4) is 0 Å². The van der Waals surface area contributed by atoms with Crippen LogP contribution in [0.2, 0.25) is 0 Å². The van der Waals surface area contributed by atoms with Gasteiger partial charge in [0.05, 0.1) is 0 Å². The van der Waals surface area contributed by atoms with E-state index >= 15 is 0 Å². The lowest BCUT2D eigenvalue weighted by molar-refractivity contribution is 0.379. The number of hydrogen-bond donors (Lipinski definition) is 0. The maximum Gasteiger partial charge on any atom is 0.146 e. The van der Waals surface area contributed by atoms with E-state index in [1.807, 2.05) is 13.1 Å². The molecular weight excluding hydrogens is 208 g/mol. The minimum absolute atomic E-state index is 0.0939. The van der Waals surface area contributed by atoms with Crippen LogP contribution in [-0.2, 0) is 0 Å². The van der Waals surface area contributed by atoms with Crippen LogP contribution in [0.25, 0.3) is 0 Å². The summed E-state index contributed by atoms with van der Waals surface area (Å²) in [5, 5.41) is 0. The Kier molecular flexibility index (Phi) is 5.47. The molecule has 0 aromatic heterocycles. The predicted molar refractivity (Wildman–Crippen MR) is 76.1 cm³/mol. The van der Waals surface area contributed by atoms with Gasteiger partial charge in [0.1, 0.15) is 6.17 Å². The first kappa shape index (κ1) is 13.5. The van der Waals surface area contributed by atoms with E-state index in [2.05, 4.69) is 67.4 Å². The number of aliphatic imine (C=N–C) groups is 1. The summed E-state index contributed by atoms with van der Waals surface area (Å²) >= 11 is 0. The molecule has 0 N–H and O–H groups in total. The zero-order valence-electron chi connectivity index (χ0n) is 11.2. The van der Waals surface area contributed by atoms with Crippen molar-refractivity contribution in [2.75, 3.05) is 7.05 Å². The molecule has 2 nitrogen and oxygen atoms in total. The third-order valence-corrected chi connectivity index (χ3v) is 2.53. The second-order valence-corrected chi connectivity index (χ2v) is 4.19. The molecule has 0 aromatic rings. The van der Waals surface area contributed by atoms with Gasteiger partial charge in [-0.2, -0.15) is 0 Å². The minimum atomic E-state index is 0.0939. The van der Waals surface area contributed by atoms with E-state index in [0.717, 1.165) is 6.42 Å². The van der Waals surface area contributed by atoms with Gasteiger partial charge in [0.2, 0.25) is 0 Å². The number of nitrogens with zero attached hydrogens (tertiary/aromatic N) is 2. The first-order valence-corrected chi connectivity index (χ1v) is 6.12. The van der Waals surface area contributed by atoms with Crippen LogP contribution in [0.15, 0.2) is 52.7 Å². The van der Waals surface area contributed by atoms with Crippen LogP contribution in [0.4, 0.5) is 0 Å². The molecule has 0 amide bonds. The van der Waals surface area contributed by atoms with Crippen molar-refractivity contribution >= 4 is 6.21 Å². The molecule has 2 heteroatoms. The summed E-state index contributed by atoms with van der Waals surface area (Å²) in [6, 6.07) is 0. The summed E-state index contributed by atoms with van der Waals surface area (Å²) in [6.07, 6.45) is 15.8. The highest BCUT2D eigenvalue weighted by atomic mass is 15.2. The summed E-state index contributed by atoms with van der Waals surface area (Å²) in [7, 11) is 2.06. The molecular formula is C15H22N2. The fraction of sp³-hybridized carbons (Fsp3) is 0.400. The molecule has 1 aliphatic rings. The molecule has 1 unspecified atom stereocenters. The van der Waals surface area contributed by atoms with E-state index in [-0.39, 0.29) is 6.17 Å².